The highest BCUT2D eigenvalue weighted by atomic mass is 32.1. The fourth-order valence-electron chi connectivity index (χ4n) is 4.67. The second kappa shape index (κ2) is 10.9. The lowest BCUT2D eigenvalue weighted by molar-refractivity contribution is -0.116. The molecule has 4 aromatic rings. The molecule has 0 aliphatic heterocycles. The van der Waals surface area contributed by atoms with Crippen LogP contribution >= 0.6 is 22.7 Å². The van der Waals surface area contributed by atoms with E-state index >= 15 is 0 Å². The van der Waals surface area contributed by atoms with Crippen LogP contribution in [0.5, 0.6) is 0 Å². The third-order valence-electron chi connectivity index (χ3n) is 6.55. The summed E-state index contributed by atoms with van der Waals surface area (Å²) in [6.45, 7) is 1.60. The molecule has 1 aromatic carbocycles. The summed E-state index contributed by atoms with van der Waals surface area (Å²) in [5.41, 5.74) is 8.00. The zero-order chi connectivity index (χ0) is 26.8. The maximum absolute atomic E-state index is 13.2. The Morgan fingerprint density at radius 3 is 2.66 bits per heavy atom. The first-order valence-electron chi connectivity index (χ1n) is 12.3. The molecule has 0 bridgehead atoms. The first-order valence-corrected chi connectivity index (χ1v) is 13.9. The molecule has 3 N–H and O–H groups in total. The van der Waals surface area contributed by atoms with Crippen molar-refractivity contribution in [3.63, 3.8) is 0 Å². The van der Waals surface area contributed by atoms with Crippen LogP contribution in [0.3, 0.4) is 0 Å². The topological polar surface area (TPSA) is 133 Å². The number of aromatic nitrogens is 2. The van der Waals surface area contributed by atoms with Crippen molar-refractivity contribution >= 4 is 55.7 Å². The van der Waals surface area contributed by atoms with E-state index < -0.39 is 23.3 Å². The van der Waals surface area contributed by atoms with Crippen LogP contribution in [0.1, 0.15) is 54.4 Å². The molecule has 0 saturated carbocycles. The highest BCUT2D eigenvalue weighted by Crippen LogP contribution is 2.38. The molecule has 0 unspecified atom stereocenters. The Morgan fingerprint density at radius 1 is 1.13 bits per heavy atom. The number of fused-ring (bicyclic) bond motifs is 2. The normalized spacial score (nSPS) is 12.8. The number of hydrogen-bond acceptors (Lipinski definition) is 8. The van der Waals surface area contributed by atoms with Crippen LogP contribution in [0.15, 0.2) is 41.5 Å². The van der Waals surface area contributed by atoms with Gasteiger partial charge >= 0.3 is 5.97 Å². The molecule has 196 valence electrons. The molecule has 1 aliphatic carbocycles. The molecule has 3 aromatic heterocycles. The predicted molar refractivity (Wildman–Crippen MR) is 147 cm³/mol. The summed E-state index contributed by atoms with van der Waals surface area (Å²) in [5, 5.41) is 3.47. The van der Waals surface area contributed by atoms with Gasteiger partial charge in [0, 0.05) is 11.3 Å². The number of ether oxygens (including phenoxy) is 1. The number of anilines is 1. The number of rotatable bonds is 8. The molecule has 0 spiro atoms. The Balaban J connectivity index is 1.31. The van der Waals surface area contributed by atoms with Crippen LogP contribution < -0.4 is 16.6 Å². The van der Waals surface area contributed by atoms with Crippen LogP contribution in [0.25, 0.3) is 10.2 Å². The van der Waals surface area contributed by atoms with Crippen LogP contribution in [-0.4, -0.2) is 33.9 Å². The summed E-state index contributed by atoms with van der Waals surface area (Å²) < 4.78 is 6.64. The number of benzene rings is 1. The van der Waals surface area contributed by atoms with Crippen molar-refractivity contribution in [2.75, 3.05) is 11.9 Å². The fourth-order valence-corrected chi connectivity index (χ4v) is 7.02. The van der Waals surface area contributed by atoms with Crippen LogP contribution in [0.2, 0.25) is 0 Å². The molecule has 38 heavy (non-hydrogen) atoms. The van der Waals surface area contributed by atoms with Gasteiger partial charge in [-0.3, -0.25) is 19.0 Å². The maximum Gasteiger partial charge on any atom is 0.348 e. The number of primary amides is 1. The second-order valence-electron chi connectivity index (χ2n) is 9.11. The Morgan fingerprint density at radius 2 is 1.89 bits per heavy atom. The van der Waals surface area contributed by atoms with Gasteiger partial charge in [-0.25, -0.2) is 9.78 Å². The highest BCUT2D eigenvalue weighted by molar-refractivity contribution is 7.20. The molecule has 11 heteroatoms. The zero-order valence-corrected chi connectivity index (χ0v) is 22.4. The van der Waals surface area contributed by atoms with Crippen LogP contribution in [-0.2, 0) is 35.3 Å². The SMILES string of the molecule is Cc1c(C(=O)OCCc2ccccc2)sc2ncn(CC(=O)Nc3sc4c(c3C(N)=O)CCCC4)c(=O)c12. The number of carbonyl (C=O) groups is 3. The summed E-state index contributed by atoms with van der Waals surface area (Å²) in [6.07, 6.45) is 5.49. The van der Waals surface area contributed by atoms with Gasteiger partial charge in [0.2, 0.25) is 5.91 Å². The van der Waals surface area contributed by atoms with E-state index in [1.165, 1.54) is 22.2 Å². The van der Waals surface area contributed by atoms with Gasteiger partial charge in [0.05, 0.1) is 23.9 Å². The van der Waals surface area contributed by atoms with E-state index in [0.717, 1.165) is 53.0 Å². The van der Waals surface area contributed by atoms with E-state index in [0.29, 0.717) is 32.3 Å². The molecule has 5 rings (SSSR count). The van der Waals surface area contributed by atoms with Gasteiger partial charge in [-0.15, -0.1) is 22.7 Å². The van der Waals surface area contributed by atoms with Crippen LogP contribution in [0, 0.1) is 6.92 Å². The number of aryl methyl sites for hydroxylation is 2. The largest absolute Gasteiger partial charge is 0.461 e. The molecule has 0 fully saturated rings. The second-order valence-corrected chi connectivity index (χ2v) is 11.2. The Kier molecular flexibility index (Phi) is 7.39. The van der Waals surface area contributed by atoms with Crippen molar-refractivity contribution < 1.29 is 19.1 Å². The van der Waals surface area contributed by atoms with E-state index in [2.05, 4.69) is 10.3 Å². The van der Waals surface area contributed by atoms with Crippen LogP contribution in [0.4, 0.5) is 5.00 Å². The lowest BCUT2D eigenvalue weighted by atomic mass is 9.95. The third-order valence-corrected chi connectivity index (χ3v) is 8.94. The summed E-state index contributed by atoms with van der Waals surface area (Å²) in [4.78, 5) is 57.0. The van der Waals surface area contributed by atoms with E-state index in [4.69, 9.17) is 10.5 Å². The average molecular weight is 551 g/mol. The minimum atomic E-state index is -0.572. The lowest BCUT2D eigenvalue weighted by Crippen LogP contribution is -2.28. The van der Waals surface area contributed by atoms with Gasteiger partial charge < -0.3 is 15.8 Å². The molecule has 2 amide bonds. The van der Waals surface area contributed by atoms with Gasteiger partial charge in [0.1, 0.15) is 21.3 Å². The Hall–Kier alpha value is -3.83. The average Bonchev–Trinajstić information content (AvgIpc) is 3.43. The van der Waals surface area contributed by atoms with E-state index in [-0.39, 0.29) is 18.5 Å². The summed E-state index contributed by atoms with van der Waals surface area (Å²) in [7, 11) is 0. The number of nitrogens with zero attached hydrogens (tertiary/aromatic N) is 2. The molecule has 0 saturated heterocycles. The van der Waals surface area contributed by atoms with Gasteiger partial charge in [-0.2, -0.15) is 0 Å². The van der Waals surface area contributed by atoms with E-state index in [1.54, 1.807) is 6.92 Å². The van der Waals surface area contributed by atoms with Gasteiger partial charge in [-0.1, -0.05) is 30.3 Å². The van der Waals surface area contributed by atoms with Gasteiger partial charge in [0.15, 0.2) is 0 Å². The monoisotopic (exact) mass is 550 g/mol. The summed E-state index contributed by atoms with van der Waals surface area (Å²) >= 11 is 2.46. The quantitative estimate of drug-likeness (QED) is 0.320. The smallest absolute Gasteiger partial charge is 0.348 e. The number of nitrogens with one attached hydrogen (secondary N) is 1. The van der Waals surface area contributed by atoms with Gasteiger partial charge in [0.25, 0.3) is 11.5 Å². The van der Waals surface area contributed by atoms with E-state index in [1.807, 2.05) is 30.3 Å². The maximum atomic E-state index is 13.2. The van der Waals surface area contributed by atoms with Crippen molar-refractivity contribution in [2.45, 2.75) is 45.6 Å². The fraction of sp³-hybridized carbons (Fsp3) is 0.296. The Labute approximate surface area is 226 Å². The number of hydrogen-bond donors (Lipinski definition) is 2. The van der Waals surface area contributed by atoms with Crippen molar-refractivity contribution in [1.82, 2.24) is 9.55 Å². The van der Waals surface area contributed by atoms with Crippen molar-refractivity contribution in [3.8, 4) is 0 Å². The third kappa shape index (κ3) is 5.11. The number of thiophene rings is 2. The minimum absolute atomic E-state index is 0.216. The zero-order valence-electron chi connectivity index (χ0n) is 20.7. The number of esters is 1. The molecular formula is C27H26N4O5S2. The first-order chi connectivity index (χ1) is 18.3. The molecule has 0 radical (unpaired) electrons. The standard InChI is InChI=1S/C27H26N4O5S2/c1-15-20-24(38-22(15)27(35)36-12-11-16-7-3-2-4-8-16)29-14-31(26(20)34)13-19(32)30-25-21(23(28)33)17-9-5-6-10-18(17)37-25/h2-4,7-8,14H,5-6,9-13H2,1H3,(H2,28,33)(H,30,32). The molecule has 3 heterocycles. The molecule has 9 nitrogen and oxygen atoms in total. The number of amides is 2. The van der Waals surface area contributed by atoms with Crippen molar-refractivity contribution in [3.05, 3.63) is 79.0 Å². The van der Waals surface area contributed by atoms with E-state index in [9.17, 15) is 19.2 Å². The van der Waals surface area contributed by atoms with Crippen molar-refractivity contribution in [2.24, 2.45) is 5.73 Å². The first kappa shape index (κ1) is 25.8. The Bertz CT molecular complexity index is 1600. The highest BCUT2D eigenvalue weighted by Gasteiger charge is 2.26. The number of carbonyl (C=O) groups excluding carboxylic acids is 3. The predicted octanol–water partition coefficient (Wildman–Crippen LogP) is 3.84. The molecule has 0 atom stereocenters. The van der Waals surface area contributed by atoms with Crippen molar-refractivity contribution in [1.29, 1.82) is 0 Å². The van der Waals surface area contributed by atoms with Gasteiger partial charge in [-0.05, 0) is 49.3 Å². The lowest BCUT2D eigenvalue weighted by Gasteiger charge is -2.11. The summed E-state index contributed by atoms with van der Waals surface area (Å²) in [5.74, 6) is -1.55. The number of nitrogens with two attached hydrogens (primary N) is 1. The summed E-state index contributed by atoms with van der Waals surface area (Å²) in [6, 6.07) is 9.70. The molecular weight excluding hydrogens is 524 g/mol. The minimum Gasteiger partial charge on any atom is -0.461 e. The molecule has 1 aliphatic rings.